The molecule has 0 bridgehead atoms. The van der Waals surface area contributed by atoms with Crippen LogP contribution in [-0.2, 0) is 13.0 Å². The van der Waals surface area contributed by atoms with Crippen molar-refractivity contribution in [3.8, 4) is 0 Å². The minimum atomic E-state index is -0.540. The molecule has 0 saturated heterocycles. The molecule has 2 rings (SSSR count). The van der Waals surface area contributed by atoms with Gasteiger partial charge in [-0.2, -0.15) is 5.10 Å². The maximum absolute atomic E-state index is 11.0. The van der Waals surface area contributed by atoms with Gasteiger partial charge in [0.2, 0.25) is 0 Å². The normalized spacial score (nSPS) is 10.4. The number of rotatable bonds is 5. The highest BCUT2D eigenvalue weighted by molar-refractivity contribution is 5.96. The molecule has 1 aromatic heterocycles. The lowest BCUT2D eigenvalue weighted by molar-refractivity contribution is 0.100. The number of amides is 1. The van der Waals surface area contributed by atoms with E-state index in [0.29, 0.717) is 6.54 Å². The first kappa shape index (κ1) is 12.2. The first-order valence-corrected chi connectivity index (χ1v) is 5.83. The summed E-state index contributed by atoms with van der Waals surface area (Å²) in [5.41, 5.74) is 12.3. The number of carbonyl (C=O) groups excluding carboxylic acids is 1. The fourth-order valence-electron chi connectivity index (χ4n) is 1.83. The van der Waals surface area contributed by atoms with Gasteiger partial charge in [0.25, 0.3) is 5.91 Å². The lowest BCUT2D eigenvalue weighted by atomic mass is 10.1. The molecular formula is C13H16N4O. The topological polar surface area (TPSA) is 86.9 Å². The predicted octanol–water partition coefficient (Wildman–Crippen LogP) is 1.20. The van der Waals surface area contributed by atoms with Crippen LogP contribution in [0.15, 0.2) is 36.5 Å². The van der Waals surface area contributed by atoms with Gasteiger partial charge < -0.3 is 11.5 Å². The second kappa shape index (κ2) is 5.35. The Bertz CT molecular complexity index is 533. The highest BCUT2D eigenvalue weighted by atomic mass is 16.1. The van der Waals surface area contributed by atoms with Gasteiger partial charge in [-0.25, -0.2) is 0 Å². The number of carbonyl (C=O) groups is 1. The minimum absolute atomic E-state index is 0.196. The molecule has 0 atom stereocenters. The molecule has 1 heterocycles. The fraction of sp³-hybridized carbons (Fsp3) is 0.231. The van der Waals surface area contributed by atoms with Crippen LogP contribution in [0.4, 0.5) is 5.82 Å². The van der Waals surface area contributed by atoms with Gasteiger partial charge in [0.05, 0.1) is 0 Å². The Morgan fingerprint density at radius 2 is 2.00 bits per heavy atom. The monoisotopic (exact) mass is 244 g/mol. The molecule has 1 aromatic carbocycles. The number of aromatic nitrogens is 2. The number of primary amides is 1. The number of nitrogens with zero attached hydrogens (tertiary/aromatic N) is 2. The Morgan fingerprint density at radius 3 is 2.61 bits per heavy atom. The Hall–Kier alpha value is -2.30. The highest BCUT2D eigenvalue weighted by Gasteiger charge is 2.10. The maximum atomic E-state index is 11.0. The van der Waals surface area contributed by atoms with Crippen LogP contribution in [-0.4, -0.2) is 15.7 Å². The lowest BCUT2D eigenvalue weighted by Crippen LogP contribution is -2.11. The summed E-state index contributed by atoms with van der Waals surface area (Å²) in [5.74, 6) is -0.343. The average Bonchev–Trinajstić information content (AvgIpc) is 2.72. The van der Waals surface area contributed by atoms with E-state index < -0.39 is 5.91 Å². The van der Waals surface area contributed by atoms with Gasteiger partial charge in [0.1, 0.15) is 5.56 Å². The molecule has 5 nitrogen and oxygen atoms in total. The van der Waals surface area contributed by atoms with Crippen molar-refractivity contribution >= 4 is 11.7 Å². The third-order valence-corrected chi connectivity index (χ3v) is 2.75. The van der Waals surface area contributed by atoms with Crippen molar-refractivity contribution in [1.29, 1.82) is 0 Å². The Balaban J connectivity index is 1.91. The minimum Gasteiger partial charge on any atom is -0.382 e. The molecule has 0 radical (unpaired) electrons. The Morgan fingerprint density at radius 1 is 1.28 bits per heavy atom. The van der Waals surface area contributed by atoms with Crippen molar-refractivity contribution in [2.75, 3.05) is 5.73 Å². The summed E-state index contributed by atoms with van der Waals surface area (Å²) in [6, 6.07) is 10.2. The fourth-order valence-corrected chi connectivity index (χ4v) is 1.83. The summed E-state index contributed by atoms with van der Waals surface area (Å²) < 4.78 is 1.67. The average molecular weight is 244 g/mol. The van der Waals surface area contributed by atoms with E-state index in [2.05, 4.69) is 17.2 Å². The van der Waals surface area contributed by atoms with Crippen LogP contribution in [0.2, 0.25) is 0 Å². The van der Waals surface area contributed by atoms with E-state index in [4.69, 9.17) is 11.5 Å². The third-order valence-electron chi connectivity index (χ3n) is 2.75. The van der Waals surface area contributed by atoms with Crippen LogP contribution in [0.3, 0.4) is 0 Å². The van der Waals surface area contributed by atoms with Crippen LogP contribution < -0.4 is 11.5 Å². The quantitative estimate of drug-likeness (QED) is 0.828. The van der Waals surface area contributed by atoms with Gasteiger partial charge in [-0.15, -0.1) is 0 Å². The first-order valence-electron chi connectivity index (χ1n) is 5.83. The largest absolute Gasteiger partial charge is 0.382 e. The second-order valence-electron chi connectivity index (χ2n) is 4.14. The van der Waals surface area contributed by atoms with Gasteiger partial charge in [0, 0.05) is 12.7 Å². The molecule has 0 aliphatic heterocycles. The molecule has 1 amide bonds. The summed E-state index contributed by atoms with van der Waals surface area (Å²) in [6.45, 7) is 0.715. The van der Waals surface area contributed by atoms with Crippen molar-refractivity contribution < 1.29 is 4.79 Å². The van der Waals surface area contributed by atoms with E-state index in [9.17, 15) is 4.79 Å². The van der Waals surface area contributed by atoms with Gasteiger partial charge in [-0.3, -0.25) is 9.48 Å². The predicted molar refractivity (Wildman–Crippen MR) is 69.9 cm³/mol. The van der Waals surface area contributed by atoms with E-state index in [0.717, 1.165) is 12.8 Å². The molecule has 0 fully saturated rings. The summed E-state index contributed by atoms with van der Waals surface area (Å²) in [5, 5.41) is 4.06. The second-order valence-corrected chi connectivity index (χ2v) is 4.14. The summed E-state index contributed by atoms with van der Waals surface area (Å²) in [4.78, 5) is 11.0. The number of nitrogens with two attached hydrogens (primary N) is 2. The molecule has 0 unspecified atom stereocenters. The first-order chi connectivity index (χ1) is 8.66. The summed E-state index contributed by atoms with van der Waals surface area (Å²) >= 11 is 0. The van der Waals surface area contributed by atoms with Crippen molar-refractivity contribution in [1.82, 2.24) is 9.78 Å². The molecule has 0 spiro atoms. The van der Waals surface area contributed by atoms with E-state index in [1.54, 1.807) is 10.9 Å². The van der Waals surface area contributed by atoms with E-state index in [-0.39, 0.29) is 11.4 Å². The zero-order chi connectivity index (χ0) is 13.0. The smallest absolute Gasteiger partial charge is 0.254 e. The van der Waals surface area contributed by atoms with E-state index in [1.165, 1.54) is 5.56 Å². The van der Waals surface area contributed by atoms with Crippen LogP contribution in [0.1, 0.15) is 22.3 Å². The van der Waals surface area contributed by atoms with Gasteiger partial charge >= 0.3 is 0 Å². The standard InChI is InChI=1S/C13H16N4O/c14-12-11(13(15)18)9-17(16-12)8-4-7-10-5-2-1-3-6-10/h1-3,5-6,9H,4,7-8H2,(H2,14,16)(H2,15,18). The zero-order valence-electron chi connectivity index (χ0n) is 10.0. The van der Waals surface area contributed by atoms with Crippen LogP contribution in [0.25, 0.3) is 0 Å². The highest BCUT2D eigenvalue weighted by Crippen LogP contribution is 2.09. The van der Waals surface area contributed by atoms with Crippen molar-refractivity contribution in [2.24, 2.45) is 5.73 Å². The maximum Gasteiger partial charge on any atom is 0.254 e. The molecule has 2 aromatic rings. The van der Waals surface area contributed by atoms with E-state index in [1.807, 2.05) is 18.2 Å². The van der Waals surface area contributed by atoms with Crippen LogP contribution in [0, 0.1) is 0 Å². The number of benzene rings is 1. The number of aryl methyl sites for hydroxylation is 2. The SMILES string of the molecule is NC(=O)c1cn(CCCc2ccccc2)nc1N. The molecular weight excluding hydrogens is 228 g/mol. The molecule has 0 aliphatic carbocycles. The molecule has 0 saturated carbocycles. The van der Waals surface area contributed by atoms with Crippen molar-refractivity contribution in [3.63, 3.8) is 0 Å². The molecule has 18 heavy (non-hydrogen) atoms. The molecule has 0 aliphatic rings. The molecule has 94 valence electrons. The molecule has 4 N–H and O–H groups in total. The van der Waals surface area contributed by atoms with E-state index >= 15 is 0 Å². The van der Waals surface area contributed by atoms with Gasteiger partial charge in [0.15, 0.2) is 5.82 Å². The summed E-state index contributed by atoms with van der Waals surface area (Å²) in [7, 11) is 0. The Kier molecular flexibility index (Phi) is 3.62. The number of nitrogen functional groups attached to an aromatic ring is 1. The molecule has 5 heteroatoms. The van der Waals surface area contributed by atoms with Crippen LogP contribution >= 0.6 is 0 Å². The third kappa shape index (κ3) is 2.88. The summed E-state index contributed by atoms with van der Waals surface area (Å²) in [6.07, 6.45) is 3.50. The Labute approximate surface area is 105 Å². The lowest BCUT2D eigenvalue weighted by Gasteiger charge is -2.01. The zero-order valence-corrected chi connectivity index (χ0v) is 10.0. The van der Waals surface area contributed by atoms with Crippen LogP contribution in [0.5, 0.6) is 0 Å². The van der Waals surface area contributed by atoms with Crippen molar-refractivity contribution in [2.45, 2.75) is 19.4 Å². The van der Waals surface area contributed by atoms with Crippen molar-refractivity contribution in [3.05, 3.63) is 47.7 Å². The number of hydrogen-bond acceptors (Lipinski definition) is 3. The number of hydrogen-bond donors (Lipinski definition) is 2. The number of anilines is 1. The van der Waals surface area contributed by atoms with Gasteiger partial charge in [-0.05, 0) is 18.4 Å². The van der Waals surface area contributed by atoms with Gasteiger partial charge in [-0.1, -0.05) is 30.3 Å².